The van der Waals surface area contributed by atoms with Gasteiger partial charge in [-0.3, -0.25) is 0 Å². The number of nitrogens with one attached hydrogen (secondary N) is 2. The average Bonchev–Trinajstić information content (AvgIpc) is 2.58. The molecule has 0 aliphatic carbocycles. The van der Waals surface area contributed by atoms with Gasteiger partial charge in [0.1, 0.15) is 6.61 Å². The van der Waals surface area contributed by atoms with Crippen LogP contribution in [0.3, 0.4) is 0 Å². The van der Waals surface area contributed by atoms with Crippen molar-refractivity contribution in [1.82, 2.24) is 10.6 Å². The van der Waals surface area contributed by atoms with Crippen LogP contribution in [0.2, 0.25) is 0 Å². The van der Waals surface area contributed by atoms with Gasteiger partial charge in [-0.1, -0.05) is 12.1 Å². The van der Waals surface area contributed by atoms with E-state index in [-0.39, 0.29) is 28.3 Å². The SMILES string of the molecule is CCOC(=O)C1=C(COC(=O)c2ccccc2S(C)(=O)=O)NC(=O)N[C@H]1C. The lowest BCUT2D eigenvalue weighted by atomic mass is 10.0. The van der Waals surface area contributed by atoms with E-state index >= 15 is 0 Å². The summed E-state index contributed by atoms with van der Waals surface area (Å²) in [5, 5.41) is 4.94. The minimum atomic E-state index is -3.64. The quantitative estimate of drug-likeness (QED) is 0.680. The smallest absolute Gasteiger partial charge is 0.339 e. The number of urea groups is 1. The molecular weight excluding hydrogens is 376 g/mol. The minimum Gasteiger partial charge on any atom is -0.463 e. The highest BCUT2D eigenvalue weighted by molar-refractivity contribution is 7.90. The van der Waals surface area contributed by atoms with Crippen molar-refractivity contribution in [2.45, 2.75) is 24.8 Å². The number of sulfone groups is 1. The highest BCUT2D eigenvalue weighted by Gasteiger charge is 2.30. The molecule has 1 aliphatic heterocycles. The van der Waals surface area contributed by atoms with Gasteiger partial charge in [0, 0.05) is 6.26 Å². The molecule has 9 nitrogen and oxygen atoms in total. The summed E-state index contributed by atoms with van der Waals surface area (Å²) in [7, 11) is -3.64. The van der Waals surface area contributed by atoms with E-state index in [1.54, 1.807) is 13.8 Å². The number of hydrogen-bond donors (Lipinski definition) is 2. The monoisotopic (exact) mass is 396 g/mol. The summed E-state index contributed by atoms with van der Waals surface area (Å²) >= 11 is 0. The summed E-state index contributed by atoms with van der Waals surface area (Å²) in [5.41, 5.74) is 0.0714. The molecule has 1 aromatic carbocycles. The molecule has 0 radical (unpaired) electrons. The van der Waals surface area contributed by atoms with Gasteiger partial charge in [-0.05, 0) is 26.0 Å². The average molecular weight is 396 g/mol. The van der Waals surface area contributed by atoms with Gasteiger partial charge >= 0.3 is 18.0 Å². The summed E-state index contributed by atoms with van der Waals surface area (Å²) in [6, 6.07) is 4.41. The van der Waals surface area contributed by atoms with E-state index in [4.69, 9.17) is 9.47 Å². The first kappa shape index (κ1) is 20.4. The minimum absolute atomic E-state index is 0.0786. The Bertz CT molecular complexity index is 906. The number of ether oxygens (including phenoxy) is 2. The molecule has 1 atom stereocenters. The van der Waals surface area contributed by atoms with Crippen LogP contribution in [0.4, 0.5) is 4.79 Å². The van der Waals surface area contributed by atoms with E-state index < -0.39 is 40.5 Å². The molecule has 10 heteroatoms. The van der Waals surface area contributed by atoms with Crippen LogP contribution in [-0.2, 0) is 24.1 Å². The molecule has 0 unspecified atom stereocenters. The van der Waals surface area contributed by atoms with Crippen LogP contribution in [-0.4, -0.2) is 51.9 Å². The Balaban J connectivity index is 2.28. The first-order valence-electron chi connectivity index (χ1n) is 8.09. The summed E-state index contributed by atoms with van der Waals surface area (Å²) in [6.07, 6.45) is 0.981. The highest BCUT2D eigenvalue weighted by atomic mass is 32.2. The largest absolute Gasteiger partial charge is 0.463 e. The summed E-state index contributed by atoms with van der Waals surface area (Å²) in [6.45, 7) is 2.94. The lowest BCUT2D eigenvalue weighted by molar-refractivity contribution is -0.139. The van der Waals surface area contributed by atoms with Crippen molar-refractivity contribution in [2.24, 2.45) is 0 Å². The third-order valence-corrected chi connectivity index (χ3v) is 4.87. The van der Waals surface area contributed by atoms with Gasteiger partial charge in [-0.25, -0.2) is 22.8 Å². The zero-order chi connectivity index (χ0) is 20.2. The Morgan fingerprint density at radius 2 is 1.81 bits per heavy atom. The summed E-state index contributed by atoms with van der Waals surface area (Å²) in [5.74, 6) is -1.55. The van der Waals surface area contributed by atoms with Crippen LogP contribution >= 0.6 is 0 Å². The molecule has 2 N–H and O–H groups in total. The fraction of sp³-hybridized carbons (Fsp3) is 0.353. The summed E-state index contributed by atoms with van der Waals surface area (Å²) < 4.78 is 33.8. The Morgan fingerprint density at radius 3 is 2.44 bits per heavy atom. The number of carbonyl (C=O) groups is 3. The molecular formula is C17H20N2O7S. The number of rotatable bonds is 6. The Morgan fingerprint density at radius 1 is 1.15 bits per heavy atom. The predicted octanol–water partition coefficient (Wildman–Crippen LogP) is 0.765. The van der Waals surface area contributed by atoms with E-state index in [1.807, 2.05) is 0 Å². The van der Waals surface area contributed by atoms with Gasteiger partial charge < -0.3 is 20.1 Å². The number of hydrogen-bond acceptors (Lipinski definition) is 7. The maximum absolute atomic E-state index is 12.4. The molecule has 0 aromatic heterocycles. The first-order chi connectivity index (χ1) is 12.6. The van der Waals surface area contributed by atoms with Crippen molar-refractivity contribution in [2.75, 3.05) is 19.5 Å². The van der Waals surface area contributed by atoms with Crippen LogP contribution in [0.5, 0.6) is 0 Å². The normalized spacial score (nSPS) is 17.0. The summed E-state index contributed by atoms with van der Waals surface area (Å²) in [4.78, 5) is 36.0. The fourth-order valence-electron chi connectivity index (χ4n) is 2.57. The third kappa shape index (κ3) is 4.85. The van der Waals surface area contributed by atoms with Gasteiger partial charge in [-0.15, -0.1) is 0 Å². The van der Waals surface area contributed by atoms with E-state index in [2.05, 4.69) is 10.6 Å². The zero-order valence-electron chi connectivity index (χ0n) is 15.1. The van der Waals surface area contributed by atoms with Gasteiger partial charge in [0.25, 0.3) is 0 Å². The van der Waals surface area contributed by atoms with Crippen molar-refractivity contribution in [3.8, 4) is 0 Å². The first-order valence-corrected chi connectivity index (χ1v) is 9.98. The molecule has 0 bridgehead atoms. The van der Waals surface area contributed by atoms with Crippen molar-refractivity contribution >= 4 is 27.8 Å². The second-order valence-electron chi connectivity index (χ2n) is 5.78. The van der Waals surface area contributed by atoms with Crippen molar-refractivity contribution < 1.29 is 32.3 Å². The Labute approximate surface area is 156 Å². The molecule has 0 spiro atoms. The third-order valence-electron chi connectivity index (χ3n) is 3.72. The number of amides is 2. The van der Waals surface area contributed by atoms with E-state index in [1.165, 1.54) is 24.3 Å². The molecule has 2 amide bonds. The maximum atomic E-state index is 12.4. The maximum Gasteiger partial charge on any atom is 0.339 e. The predicted molar refractivity (Wildman–Crippen MR) is 94.6 cm³/mol. The Kier molecular flexibility index (Phi) is 6.21. The second-order valence-corrected chi connectivity index (χ2v) is 7.76. The lowest BCUT2D eigenvalue weighted by Gasteiger charge is -2.26. The van der Waals surface area contributed by atoms with Crippen LogP contribution in [0.1, 0.15) is 24.2 Å². The second kappa shape index (κ2) is 8.21. The van der Waals surface area contributed by atoms with Crippen LogP contribution in [0.15, 0.2) is 40.4 Å². The highest BCUT2D eigenvalue weighted by Crippen LogP contribution is 2.18. The van der Waals surface area contributed by atoms with Crippen LogP contribution in [0.25, 0.3) is 0 Å². The van der Waals surface area contributed by atoms with Gasteiger partial charge in [0.15, 0.2) is 9.84 Å². The van der Waals surface area contributed by atoms with Crippen LogP contribution in [0, 0.1) is 0 Å². The molecule has 2 rings (SSSR count). The van der Waals surface area contributed by atoms with E-state index in [0.29, 0.717) is 0 Å². The number of esters is 2. The molecule has 1 heterocycles. The van der Waals surface area contributed by atoms with Crippen molar-refractivity contribution in [3.63, 3.8) is 0 Å². The molecule has 0 saturated carbocycles. The molecule has 0 saturated heterocycles. The van der Waals surface area contributed by atoms with Gasteiger partial charge in [-0.2, -0.15) is 0 Å². The lowest BCUT2D eigenvalue weighted by Crippen LogP contribution is -2.50. The number of carbonyl (C=O) groups excluding carboxylic acids is 3. The number of benzene rings is 1. The standard InChI is InChI=1S/C17H20N2O7S/c1-4-25-16(21)14-10(2)18-17(22)19-12(14)9-26-15(20)11-7-5-6-8-13(11)27(3,23)24/h5-8,10H,4,9H2,1-3H3,(H2,18,19,22)/t10-/m0/s1. The van der Waals surface area contributed by atoms with E-state index in [9.17, 15) is 22.8 Å². The molecule has 146 valence electrons. The van der Waals surface area contributed by atoms with Crippen molar-refractivity contribution in [1.29, 1.82) is 0 Å². The topological polar surface area (TPSA) is 128 Å². The molecule has 1 aromatic rings. The molecule has 27 heavy (non-hydrogen) atoms. The van der Waals surface area contributed by atoms with Gasteiger partial charge in [0.2, 0.25) is 0 Å². The molecule has 1 aliphatic rings. The van der Waals surface area contributed by atoms with Gasteiger partial charge in [0.05, 0.1) is 34.4 Å². The van der Waals surface area contributed by atoms with Crippen LogP contribution < -0.4 is 10.6 Å². The Hall–Kier alpha value is -2.88. The molecule has 0 fully saturated rings. The van der Waals surface area contributed by atoms with Crippen molar-refractivity contribution in [3.05, 3.63) is 41.1 Å². The zero-order valence-corrected chi connectivity index (χ0v) is 15.9. The van der Waals surface area contributed by atoms with E-state index in [0.717, 1.165) is 6.26 Å². The fourth-order valence-corrected chi connectivity index (χ4v) is 3.44.